The Kier molecular flexibility index (Phi) is 5.41. The monoisotopic (exact) mass is 384 g/mol. The van der Waals surface area contributed by atoms with E-state index in [9.17, 15) is 19.7 Å². The number of aryl methyl sites for hydroxylation is 1. The van der Waals surface area contributed by atoms with E-state index in [1.807, 2.05) is 29.6 Å². The lowest BCUT2D eigenvalue weighted by molar-refractivity contribution is -0.385. The van der Waals surface area contributed by atoms with E-state index in [1.165, 1.54) is 16.9 Å². The molecule has 0 atom stereocenters. The third-order valence-corrected chi connectivity index (χ3v) is 4.66. The van der Waals surface area contributed by atoms with E-state index in [-0.39, 0.29) is 12.2 Å². The summed E-state index contributed by atoms with van der Waals surface area (Å²) in [6.45, 7) is 1.75. The van der Waals surface area contributed by atoms with E-state index < -0.39 is 16.4 Å². The second-order valence-corrected chi connectivity index (χ2v) is 6.61. The Morgan fingerprint density at radius 2 is 2.00 bits per heavy atom. The van der Waals surface area contributed by atoms with E-state index in [0.29, 0.717) is 5.13 Å². The zero-order valence-electron chi connectivity index (χ0n) is 14.4. The van der Waals surface area contributed by atoms with Gasteiger partial charge < -0.3 is 5.32 Å². The van der Waals surface area contributed by atoms with Crippen molar-refractivity contribution in [2.24, 2.45) is 0 Å². The molecule has 0 aliphatic heterocycles. The minimum atomic E-state index is -0.620. The third-order valence-electron chi connectivity index (χ3n) is 3.90. The molecule has 0 saturated heterocycles. The van der Waals surface area contributed by atoms with Crippen molar-refractivity contribution in [2.45, 2.75) is 19.9 Å². The molecule has 0 saturated carbocycles. The van der Waals surface area contributed by atoms with Crippen LogP contribution < -0.4 is 10.9 Å². The SMILES string of the molecule is CCc1ccc(-c2csc(NC(=O)Cn3cc([N+](=O)[O-])ccc3=O)n2)cc1. The lowest BCUT2D eigenvalue weighted by atomic mass is 10.1. The Hall–Kier alpha value is -3.33. The van der Waals surface area contributed by atoms with Crippen molar-refractivity contribution in [1.29, 1.82) is 0 Å². The van der Waals surface area contributed by atoms with E-state index in [1.54, 1.807) is 0 Å². The summed E-state index contributed by atoms with van der Waals surface area (Å²) in [5.74, 6) is -0.486. The van der Waals surface area contributed by atoms with Crippen molar-refractivity contribution in [2.75, 3.05) is 5.32 Å². The van der Waals surface area contributed by atoms with Crippen LogP contribution in [0.25, 0.3) is 11.3 Å². The van der Waals surface area contributed by atoms with Gasteiger partial charge in [-0.25, -0.2) is 4.98 Å². The van der Waals surface area contributed by atoms with E-state index >= 15 is 0 Å². The summed E-state index contributed by atoms with van der Waals surface area (Å²) in [5, 5.41) is 15.6. The Morgan fingerprint density at radius 3 is 2.67 bits per heavy atom. The maximum atomic E-state index is 12.2. The number of hydrogen-bond acceptors (Lipinski definition) is 6. The molecule has 27 heavy (non-hydrogen) atoms. The molecule has 0 fully saturated rings. The van der Waals surface area contributed by atoms with Crippen LogP contribution in [0, 0.1) is 10.1 Å². The first-order valence-electron chi connectivity index (χ1n) is 8.16. The topological polar surface area (TPSA) is 107 Å². The number of nitro groups is 1. The van der Waals surface area contributed by atoms with Crippen molar-refractivity contribution < 1.29 is 9.72 Å². The molecule has 3 rings (SSSR count). The summed E-state index contributed by atoms with van der Waals surface area (Å²) in [6, 6.07) is 10.2. The molecular weight excluding hydrogens is 368 g/mol. The number of anilines is 1. The van der Waals surface area contributed by atoms with Crippen LogP contribution in [-0.4, -0.2) is 20.4 Å². The quantitative estimate of drug-likeness (QED) is 0.519. The number of hydrogen-bond donors (Lipinski definition) is 1. The van der Waals surface area contributed by atoms with Crippen molar-refractivity contribution in [3.8, 4) is 11.3 Å². The Bertz CT molecular complexity index is 1040. The highest BCUT2D eigenvalue weighted by Gasteiger charge is 2.12. The maximum Gasteiger partial charge on any atom is 0.285 e. The maximum absolute atomic E-state index is 12.2. The predicted molar refractivity (Wildman–Crippen MR) is 103 cm³/mol. The Labute approximate surface area is 158 Å². The lowest BCUT2D eigenvalue weighted by Crippen LogP contribution is -2.26. The van der Waals surface area contributed by atoms with Crippen LogP contribution >= 0.6 is 11.3 Å². The molecule has 138 valence electrons. The molecule has 2 heterocycles. The average Bonchev–Trinajstić information content (AvgIpc) is 3.11. The second-order valence-electron chi connectivity index (χ2n) is 5.75. The number of amides is 1. The number of rotatable bonds is 6. The minimum absolute atomic E-state index is 0.255. The van der Waals surface area contributed by atoms with E-state index in [4.69, 9.17) is 0 Å². The normalized spacial score (nSPS) is 10.6. The van der Waals surface area contributed by atoms with Gasteiger partial charge in [0.25, 0.3) is 11.2 Å². The molecule has 0 spiro atoms. The number of thiazole rings is 1. The van der Waals surface area contributed by atoms with Gasteiger partial charge in [-0.05, 0) is 12.0 Å². The number of benzene rings is 1. The fraction of sp³-hybridized carbons (Fsp3) is 0.167. The van der Waals surface area contributed by atoms with Gasteiger partial charge in [-0.2, -0.15) is 0 Å². The van der Waals surface area contributed by atoms with Crippen molar-refractivity contribution in [3.63, 3.8) is 0 Å². The molecule has 8 nitrogen and oxygen atoms in total. The predicted octanol–water partition coefficient (Wildman–Crippen LogP) is 3.08. The number of carbonyl (C=O) groups excluding carboxylic acids is 1. The van der Waals surface area contributed by atoms with Crippen molar-refractivity contribution >= 4 is 28.1 Å². The summed E-state index contributed by atoms with van der Waals surface area (Å²) >= 11 is 1.27. The van der Waals surface area contributed by atoms with Crippen LogP contribution in [0.2, 0.25) is 0 Å². The molecule has 0 radical (unpaired) electrons. The third kappa shape index (κ3) is 4.45. The van der Waals surface area contributed by atoms with Gasteiger partial charge in [0.05, 0.1) is 16.8 Å². The standard InChI is InChI=1S/C18H16N4O4S/c1-2-12-3-5-13(6-4-12)15-11-27-18(19-15)20-16(23)10-21-9-14(22(25)26)7-8-17(21)24/h3-9,11H,2,10H2,1H3,(H,19,20,23). The molecule has 9 heteroatoms. The Balaban J connectivity index is 1.70. The molecule has 0 bridgehead atoms. The summed E-state index contributed by atoms with van der Waals surface area (Å²) < 4.78 is 0.992. The molecular formula is C18H16N4O4S. The molecule has 3 aromatic rings. The van der Waals surface area contributed by atoms with Gasteiger partial charge in [0.1, 0.15) is 6.54 Å². The van der Waals surface area contributed by atoms with Crippen LogP contribution in [-0.2, 0) is 17.8 Å². The number of nitrogens with one attached hydrogen (secondary N) is 1. The zero-order valence-corrected chi connectivity index (χ0v) is 15.2. The van der Waals surface area contributed by atoms with Crippen LogP contribution in [0.1, 0.15) is 12.5 Å². The second kappa shape index (κ2) is 7.92. The first-order chi connectivity index (χ1) is 13.0. The minimum Gasteiger partial charge on any atom is -0.300 e. The molecule has 1 N–H and O–H groups in total. The van der Waals surface area contributed by atoms with Crippen LogP contribution in [0.5, 0.6) is 0 Å². The van der Waals surface area contributed by atoms with Gasteiger partial charge in [-0.1, -0.05) is 31.2 Å². The van der Waals surface area contributed by atoms with E-state index in [2.05, 4.69) is 17.2 Å². The summed E-state index contributed by atoms with van der Waals surface area (Å²) in [6.07, 6.45) is 2.00. The first-order valence-corrected chi connectivity index (χ1v) is 9.04. The fourth-order valence-corrected chi connectivity index (χ4v) is 3.17. The number of aromatic nitrogens is 2. The summed E-state index contributed by atoms with van der Waals surface area (Å²) in [4.78, 5) is 38.5. The highest BCUT2D eigenvalue weighted by Crippen LogP contribution is 2.25. The van der Waals surface area contributed by atoms with Gasteiger partial charge in [-0.15, -0.1) is 11.3 Å². The lowest BCUT2D eigenvalue weighted by Gasteiger charge is -2.05. The average molecular weight is 384 g/mol. The van der Waals surface area contributed by atoms with Crippen LogP contribution in [0.3, 0.4) is 0 Å². The summed E-state index contributed by atoms with van der Waals surface area (Å²) in [7, 11) is 0. The summed E-state index contributed by atoms with van der Waals surface area (Å²) in [5.41, 5.74) is 2.16. The molecule has 0 aliphatic rings. The van der Waals surface area contributed by atoms with Crippen LogP contribution in [0.15, 0.2) is 52.8 Å². The highest BCUT2D eigenvalue weighted by molar-refractivity contribution is 7.14. The first kappa shape index (κ1) is 18.5. The van der Waals surface area contributed by atoms with E-state index in [0.717, 1.165) is 40.6 Å². The Morgan fingerprint density at radius 1 is 1.26 bits per heavy atom. The van der Waals surface area contributed by atoms with Crippen molar-refractivity contribution in [1.82, 2.24) is 9.55 Å². The molecule has 0 unspecified atom stereocenters. The van der Waals surface area contributed by atoms with Gasteiger partial charge in [0.15, 0.2) is 5.13 Å². The fourth-order valence-electron chi connectivity index (χ4n) is 2.44. The molecule has 0 aliphatic carbocycles. The van der Waals surface area contributed by atoms with Crippen molar-refractivity contribution in [3.05, 3.63) is 74.0 Å². The van der Waals surface area contributed by atoms with Gasteiger partial charge in [0, 0.05) is 23.1 Å². The number of nitrogens with zero attached hydrogens (tertiary/aromatic N) is 3. The highest BCUT2D eigenvalue weighted by atomic mass is 32.1. The number of pyridine rings is 1. The molecule has 2 aromatic heterocycles. The van der Waals surface area contributed by atoms with Gasteiger partial charge in [-0.3, -0.25) is 24.3 Å². The smallest absolute Gasteiger partial charge is 0.285 e. The zero-order chi connectivity index (χ0) is 19.4. The van der Waals surface area contributed by atoms with Gasteiger partial charge >= 0.3 is 0 Å². The number of carbonyl (C=O) groups is 1. The van der Waals surface area contributed by atoms with Gasteiger partial charge in [0.2, 0.25) is 5.91 Å². The molecule has 1 aromatic carbocycles. The molecule has 1 amide bonds. The van der Waals surface area contributed by atoms with Crippen LogP contribution in [0.4, 0.5) is 10.8 Å². The largest absolute Gasteiger partial charge is 0.300 e.